The standard InChI is InChI=1S/C18H28N4OS/c1-5-6-7-10-13-23-16-12-9-8-11-15(16)17-19-20-18(24-17)22(4)21-14(2)3/h8-9,11-12,14,21H,5-7,10,13H2,1-4H3. The van der Waals surface area contributed by atoms with Gasteiger partial charge in [0.25, 0.3) is 0 Å². The third-order valence-corrected chi connectivity index (χ3v) is 4.56. The van der Waals surface area contributed by atoms with Crippen molar-refractivity contribution in [1.82, 2.24) is 15.6 Å². The van der Waals surface area contributed by atoms with Crippen molar-refractivity contribution in [2.75, 3.05) is 18.7 Å². The maximum Gasteiger partial charge on any atom is 0.222 e. The Labute approximate surface area is 149 Å². The molecule has 6 heteroatoms. The van der Waals surface area contributed by atoms with E-state index < -0.39 is 0 Å². The zero-order valence-corrected chi connectivity index (χ0v) is 15.9. The van der Waals surface area contributed by atoms with Crippen molar-refractivity contribution in [2.45, 2.75) is 52.5 Å². The monoisotopic (exact) mass is 348 g/mol. The zero-order valence-electron chi connectivity index (χ0n) is 15.1. The summed E-state index contributed by atoms with van der Waals surface area (Å²) in [6, 6.07) is 8.41. The lowest BCUT2D eigenvalue weighted by atomic mass is 10.2. The van der Waals surface area contributed by atoms with E-state index in [0.717, 1.165) is 34.5 Å². The summed E-state index contributed by atoms with van der Waals surface area (Å²) in [6.07, 6.45) is 4.81. The summed E-state index contributed by atoms with van der Waals surface area (Å²) in [5.74, 6) is 0.885. The number of para-hydroxylation sites is 1. The fourth-order valence-electron chi connectivity index (χ4n) is 2.38. The van der Waals surface area contributed by atoms with Gasteiger partial charge in [0.15, 0.2) is 5.01 Å². The fraction of sp³-hybridized carbons (Fsp3) is 0.556. The fourth-order valence-corrected chi connectivity index (χ4v) is 3.19. The van der Waals surface area contributed by atoms with Crippen LogP contribution >= 0.6 is 11.3 Å². The van der Waals surface area contributed by atoms with Gasteiger partial charge in [-0.15, -0.1) is 10.2 Å². The van der Waals surface area contributed by atoms with Gasteiger partial charge in [-0.25, -0.2) is 5.43 Å². The van der Waals surface area contributed by atoms with Crippen LogP contribution in [-0.4, -0.2) is 29.9 Å². The van der Waals surface area contributed by atoms with E-state index in [1.165, 1.54) is 19.3 Å². The minimum Gasteiger partial charge on any atom is -0.493 e. The van der Waals surface area contributed by atoms with Crippen molar-refractivity contribution in [3.05, 3.63) is 24.3 Å². The van der Waals surface area contributed by atoms with Gasteiger partial charge in [-0.1, -0.05) is 49.7 Å². The molecule has 0 aliphatic carbocycles. The van der Waals surface area contributed by atoms with Crippen LogP contribution in [-0.2, 0) is 0 Å². The molecule has 0 aliphatic rings. The van der Waals surface area contributed by atoms with Crippen molar-refractivity contribution >= 4 is 16.5 Å². The van der Waals surface area contributed by atoms with Crippen LogP contribution < -0.4 is 15.2 Å². The Morgan fingerprint density at radius 1 is 1.17 bits per heavy atom. The molecule has 1 aromatic heterocycles. The molecule has 2 aromatic rings. The Bertz CT molecular complexity index is 615. The maximum atomic E-state index is 5.98. The zero-order chi connectivity index (χ0) is 17.4. The number of nitrogens with zero attached hydrogens (tertiary/aromatic N) is 3. The predicted molar refractivity (Wildman–Crippen MR) is 102 cm³/mol. The number of benzene rings is 1. The van der Waals surface area contributed by atoms with Crippen LogP contribution in [0.4, 0.5) is 5.13 Å². The highest BCUT2D eigenvalue weighted by Crippen LogP contribution is 2.34. The molecule has 1 N–H and O–H groups in total. The number of aromatic nitrogens is 2. The lowest BCUT2D eigenvalue weighted by Gasteiger charge is -2.19. The quantitative estimate of drug-likeness (QED) is 0.505. The summed E-state index contributed by atoms with van der Waals surface area (Å²) in [5, 5.41) is 12.3. The molecule has 0 spiro atoms. The first kappa shape index (κ1) is 18.7. The molecule has 24 heavy (non-hydrogen) atoms. The number of ether oxygens (including phenoxy) is 1. The molecule has 0 radical (unpaired) electrons. The minimum atomic E-state index is 0.348. The third kappa shape index (κ3) is 5.46. The summed E-state index contributed by atoms with van der Waals surface area (Å²) in [4.78, 5) is 0. The van der Waals surface area contributed by atoms with E-state index in [0.29, 0.717) is 6.04 Å². The number of hydrogen-bond donors (Lipinski definition) is 1. The molecular weight excluding hydrogens is 320 g/mol. The minimum absolute atomic E-state index is 0.348. The SMILES string of the molecule is CCCCCCOc1ccccc1-c1nnc(N(C)NC(C)C)s1. The van der Waals surface area contributed by atoms with E-state index >= 15 is 0 Å². The van der Waals surface area contributed by atoms with Crippen molar-refractivity contribution in [3.8, 4) is 16.3 Å². The number of unbranched alkanes of at least 4 members (excludes halogenated alkanes) is 3. The van der Waals surface area contributed by atoms with Crippen molar-refractivity contribution < 1.29 is 4.74 Å². The molecule has 0 atom stereocenters. The van der Waals surface area contributed by atoms with Gasteiger partial charge in [0.2, 0.25) is 5.13 Å². The first-order valence-electron chi connectivity index (χ1n) is 8.67. The highest BCUT2D eigenvalue weighted by atomic mass is 32.1. The summed E-state index contributed by atoms with van der Waals surface area (Å²) in [6.45, 7) is 7.16. The Kier molecular flexibility index (Phi) is 7.46. The van der Waals surface area contributed by atoms with Gasteiger partial charge in [-0.2, -0.15) is 0 Å². The average Bonchev–Trinajstić information content (AvgIpc) is 3.04. The summed E-state index contributed by atoms with van der Waals surface area (Å²) in [7, 11) is 1.96. The van der Waals surface area contributed by atoms with Gasteiger partial charge in [0.1, 0.15) is 5.75 Å². The first-order chi connectivity index (χ1) is 11.6. The van der Waals surface area contributed by atoms with E-state index in [-0.39, 0.29) is 0 Å². The van der Waals surface area contributed by atoms with Gasteiger partial charge >= 0.3 is 0 Å². The van der Waals surface area contributed by atoms with Crippen molar-refractivity contribution in [2.24, 2.45) is 0 Å². The van der Waals surface area contributed by atoms with Crippen LogP contribution in [0.25, 0.3) is 10.6 Å². The van der Waals surface area contributed by atoms with Crippen LogP contribution in [0.15, 0.2) is 24.3 Å². The van der Waals surface area contributed by atoms with Gasteiger partial charge in [0.05, 0.1) is 12.2 Å². The second-order valence-corrected chi connectivity index (χ2v) is 7.09. The van der Waals surface area contributed by atoms with Gasteiger partial charge in [-0.05, 0) is 32.4 Å². The number of hydrazine groups is 1. The number of hydrogen-bond acceptors (Lipinski definition) is 6. The third-order valence-electron chi connectivity index (χ3n) is 3.53. The van der Waals surface area contributed by atoms with E-state index in [4.69, 9.17) is 4.74 Å². The highest BCUT2D eigenvalue weighted by molar-refractivity contribution is 7.18. The van der Waals surface area contributed by atoms with Crippen LogP contribution in [0.1, 0.15) is 46.5 Å². The Hall–Kier alpha value is -1.66. The normalized spacial score (nSPS) is 11.0. The number of rotatable bonds is 10. The van der Waals surface area contributed by atoms with Crippen LogP contribution in [0.3, 0.4) is 0 Å². The summed E-state index contributed by atoms with van der Waals surface area (Å²) >= 11 is 1.56. The largest absolute Gasteiger partial charge is 0.493 e. The summed E-state index contributed by atoms with van der Waals surface area (Å²) in [5.41, 5.74) is 4.31. The molecule has 0 saturated carbocycles. The van der Waals surface area contributed by atoms with Crippen LogP contribution in [0.5, 0.6) is 5.75 Å². The molecule has 2 rings (SSSR count). The molecule has 0 amide bonds. The molecule has 0 aliphatic heterocycles. The lowest BCUT2D eigenvalue weighted by Crippen LogP contribution is -2.39. The molecular formula is C18H28N4OS. The Morgan fingerprint density at radius 3 is 2.71 bits per heavy atom. The smallest absolute Gasteiger partial charge is 0.222 e. The average molecular weight is 349 g/mol. The second-order valence-electron chi connectivity index (χ2n) is 6.14. The molecule has 132 valence electrons. The molecule has 0 bridgehead atoms. The maximum absolute atomic E-state index is 5.98. The van der Waals surface area contributed by atoms with E-state index in [1.54, 1.807) is 11.3 Å². The predicted octanol–water partition coefficient (Wildman–Crippen LogP) is 4.51. The van der Waals surface area contributed by atoms with E-state index in [9.17, 15) is 0 Å². The van der Waals surface area contributed by atoms with Gasteiger partial charge in [0, 0.05) is 13.1 Å². The Morgan fingerprint density at radius 2 is 1.96 bits per heavy atom. The molecule has 0 saturated heterocycles. The highest BCUT2D eigenvalue weighted by Gasteiger charge is 2.14. The van der Waals surface area contributed by atoms with Crippen LogP contribution in [0.2, 0.25) is 0 Å². The molecule has 1 aromatic carbocycles. The molecule has 0 unspecified atom stereocenters. The van der Waals surface area contributed by atoms with Crippen molar-refractivity contribution in [3.63, 3.8) is 0 Å². The first-order valence-corrected chi connectivity index (χ1v) is 9.49. The van der Waals surface area contributed by atoms with Gasteiger partial charge < -0.3 is 4.74 Å². The molecule has 5 nitrogen and oxygen atoms in total. The molecule has 0 fully saturated rings. The summed E-state index contributed by atoms with van der Waals surface area (Å²) < 4.78 is 5.98. The topological polar surface area (TPSA) is 50.3 Å². The van der Waals surface area contributed by atoms with E-state index in [2.05, 4.69) is 36.4 Å². The molecule has 1 heterocycles. The van der Waals surface area contributed by atoms with Crippen molar-refractivity contribution in [1.29, 1.82) is 0 Å². The van der Waals surface area contributed by atoms with Crippen LogP contribution in [0, 0.1) is 0 Å². The Balaban J connectivity index is 2.05. The van der Waals surface area contributed by atoms with Gasteiger partial charge in [-0.3, -0.25) is 5.01 Å². The lowest BCUT2D eigenvalue weighted by molar-refractivity contribution is 0.306. The number of anilines is 1. The van der Waals surface area contributed by atoms with E-state index in [1.807, 2.05) is 36.3 Å². The second kappa shape index (κ2) is 9.59. The number of nitrogens with one attached hydrogen (secondary N) is 1.